The summed E-state index contributed by atoms with van der Waals surface area (Å²) < 4.78 is 36.9. The highest BCUT2D eigenvalue weighted by Gasteiger charge is 2.49. The van der Waals surface area contributed by atoms with Gasteiger partial charge in [-0.15, -0.1) is 6.42 Å². The summed E-state index contributed by atoms with van der Waals surface area (Å²) >= 11 is 0. The second-order valence-corrected chi connectivity index (χ2v) is 12.6. The smallest absolute Gasteiger partial charge is 0.319 e. The fraction of sp³-hybridized carbons (Fsp3) is 0.412. The average molecular weight is 582 g/mol. The van der Waals surface area contributed by atoms with Gasteiger partial charge in [-0.25, -0.2) is 8.78 Å². The molecule has 2 unspecified atom stereocenters. The molecular formula is C34H33F2N5O2. The van der Waals surface area contributed by atoms with Crippen LogP contribution in [0.5, 0.6) is 11.8 Å². The number of alkyl halides is 1. The topological polar surface area (TPSA) is 73.8 Å². The first-order valence-corrected chi connectivity index (χ1v) is 15.2. The lowest BCUT2D eigenvalue weighted by Crippen LogP contribution is -2.51. The van der Waals surface area contributed by atoms with Gasteiger partial charge >= 0.3 is 6.01 Å². The number of aromatic nitrogens is 2. The number of ether oxygens (including phenoxy) is 1. The molecule has 220 valence electrons. The molecule has 4 atom stereocenters. The maximum absolute atomic E-state index is 16.2. The minimum Gasteiger partial charge on any atom is -0.508 e. The molecule has 2 N–H and O–H groups in total. The molecule has 8 rings (SSSR count). The van der Waals surface area contributed by atoms with E-state index in [4.69, 9.17) is 21.1 Å². The number of nitrogens with one attached hydrogen (secondary N) is 1. The first-order chi connectivity index (χ1) is 20.9. The molecule has 3 aromatic carbocycles. The van der Waals surface area contributed by atoms with Crippen molar-refractivity contribution in [1.82, 2.24) is 20.2 Å². The first-order valence-electron chi connectivity index (χ1n) is 15.2. The van der Waals surface area contributed by atoms with Crippen LogP contribution in [0, 0.1) is 18.2 Å². The SMILES string of the molecule is C#Cc1cccc2cc(O)cc(-c3cc4nc(OC[C@@]56CCCN5C[C@H](F)C6)nc(N5CC6CCC(C5)N6)c4cc3F)c12. The summed E-state index contributed by atoms with van der Waals surface area (Å²) in [5, 5.41) is 16.2. The molecule has 4 aromatic rings. The second kappa shape index (κ2) is 10.0. The predicted molar refractivity (Wildman–Crippen MR) is 163 cm³/mol. The summed E-state index contributed by atoms with van der Waals surface area (Å²) in [5.74, 6) is 2.91. The number of piperazine rings is 1. The summed E-state index contributed by atoms with van der Waals surface area (Å²) in [5.41, 5.74) is 1.58. The maximum atomic E-state index is 16.2. The number of halogens is 2. The van der Waals surface area contributed by atoms with Crippen LogP contribution in [-0.2, 0) is 0 Å². The lowest BCUT2D eigenvalue weighted by atomic mass is 9.93. The van der Waals surface area contributed by atoms with Crippen molar-refractivity contribution >= 4 is 27.5 Å². The lowest BCUT2D eigenvalue weighted by Gasteiger charge is -2.34. The molecular weight excluding hydrogens is 548 g/mol. The summed E-state index contributed by atoms with van der Waals surface area (Å²) in [4.78, 5) is 14.1. The molecule has 7 nitrogen and oxygen atoms in total. The number of fused-ring (bicyclic) bond motifs is 5. The van der Waals surface area contributed by atoms with Crippen LogP contribution in [0.4, 0.5) is 14.6 Å². The molecule has 0 saturated carbocycles. The van der Waals surface area contributed by atoms with E-state index in [1.54, 1.807) is 18.2 Å². The highest BCUT2D eigenvalue weighted by atomic mass is 19.1. The van der Waals surface area contributed by atoms with Crippen molar-refractivity contribution in [1.29, 1.82) is 0 Å². The van der Waals surface area contributed by atoms with E-state index in [0.29, 0.717) is 64.9 Å². The van der Waals surface area contributed by atoms with Crippen molar-refractivity contribution in [2.75, 3.05) is 37.7 Å². The molecule has 5 heterocycles. The molecule has 4 fully saturated rings. The van der Waals surface area contributed by atoms with Gasteiger partial charge in [0.1, 0.15) is 30.2 Å². The van der Waals surface area contributed by atoms with E-state index >= 15 is 4.39 Å². The number of hydrogen-bond acceptors (Lipinski definition) is 7. The monoisotopic (exact) mass is 581 g/mol. The van der Waals surface area contributed by atoms with Gasteiger partial charge in [-0.1, -0.05) is 18.1 Å². The third kappa shape index (κ3) is 4.47. The highest BCUT2D eigenvalue weighted by molar-refractivity contribution is 6.03. The van der Waals surface area contributed by atoms with Crippen molar-refractivity contribution in [3.05, 3.63) is 53.8 Å². The van der Waals surface area contributed by atoms with Gasteiger partial charge in [-0.3, -0.25) is 4.90 Å². The van der Waals surface area contributed by atoms with E-state index in [2.05, 4.69) is 21.0 Å². The van der Waals surface area contributed by atoms with Crippen LogP contribution >= 0.6 is 0 Å². The molecule has 0 radical (unpaired) electrons. The molecule has 4 saturated heterocycles. The van der Waals surface area contributed by atoms with Gasteiger partial charge in [-0.05, 0) is 73.5 Å². The fourth-order valence-electron chi connectivity index (χ4n) is 7.99. The third-order valence-electron chi connectivity index (χ3n) is 9.90. The Balaban J connectivity index is 1.26. The number of phenols is 1. The number of benzene rings is 3. The normalized spacial score (nSPS) is 26.7. The largest absolute Gasteiger partial charge is 0.508 e. The van der Waals surface area contributed by atoms with Crippen molar-refractivity contribution < 1.29 is 18.6 Å². The van der Waals surface area contributed by atoms with Crippen LogP contribution in [0.3, 0.4) is 0 Å². The maximum Gasteiger partial charge on any atom is 0.319 e. The van der Waals surface area contributed by atoms with Crippen LogP contribution in [-0.4, -0.2) is 76.6 Å². The van der Waals surface area contributed by atoms with Gasteiger partial charge in [-0.2, -0.15) is 9.97 Å². The van der Waals surface area contributed by atoms with E-state index in [-0.39, 0.29) is 22.9 Å². The summed E-state index contributed by atoms with van der Waals surface area (Å²) in [6.45, 7) is 3.14. The van der Waals surface area contributed by atoms with Crippen molar-refractivity contribution in [3.63, 3.8) is 0 Å². The minimum absolute atomic E-state index is 0.0166. The van der Waals surface area contributed by atoms with E-state index < -0.39 is 12.0 Å². The number of phenolic OH excluding ortho intramolecular Hbond substituents is 1. The molecule has 4 aliphatic rings. The molecule has 43 heavy (non-hydrogen) atoms. The molecule has 1 aromatic heterocycles. The molecule has 0 spiro atoms. The Kier molecular flexibility index (Phi) is 6.21. The summed E-state index contributed by atoms with van der Waals surface area (Å²) in [6.07, 6.45) is 9.51. The zero-order valence-electron chi connectivity index (χ0n) is 23.8. The number of terminal acetylenes is 1. The third-order valence-corrected chi connectivity index (χ3v) is 9.90. The standard InChI is InChI=1S/C34H33F2N5O2/c1-2-20-5-3-6-21-11-25(42)12-27(31(20)21)26-14-30-28(13-29(26)36)32(40-17-23-7-8-24(18-40)37-23)39-33(38-30)43-19-34-9-4-10-41(34)16-22(35)15-34/h1,3,5-6,11-14,22-24,37,42H,4,7-10,15-19H2/t22-,23?,24?,34+/m1/s1. The zero-order chi connectivity index (χ0) is 29.3. The number of rotatable bonds is 5. The Morgan fingerprint density at radius 1 is 1.09 bits per heavy atom. The Morgan fingerprint density at radius 2 is 1.93 bits per heavy atom. The number of anilines is 1. The van der Waals surface area contributed by atoms with Gasteiger partial charge < -0.3 is 20.1 Å². The van der Waals surface area contributed by atoms with E-state index in [1.807, 2.05) is 18.2 Å². The van der Waals surface area contributed by atoms with Crippen LogP contribution in [0.15, 0.2) is 42.5 Å². The van der Waals surface area contributed by atoms with E-state index in [0.717, 1.165) is 50.7 Å². The Bertz CT molecular complexity index is 1800. The molecule has 9 heteroatoms. The molecule has 0 amide bonds. The second-order valence-electron chi connectivity index (χ2n) is 12.6. The van der Waals surface area contributed by atoms with Crippen LogP contribution in [0.2, 0.25) is 0 Å². The van der Waals surface area contributed by atoms with Gasteiger partial charge in [0.2, 0.25) is 0 Å². The molecule has 2 bridgehead atoms. The van der Waals surface area contributed by atoms with Crippen LogP contribution in [0.1, 0.15) is 37.7 Å². The van der Waals surface area contributed by atoms with E-state index in [9.17, 15) is 9.50 Å². The summed E-state index contributed by atoms with van der Waals surface area (Å²) in [7, 11) is 0. The van der Waals surface area contributed by atoms with Crippen LogP contribution in [0.25, 0.3) is 32.8 Å². The minimum atomic E-state index is -0.858. The van der Waals surface area contributed by atoms with E-state index in [1.165, 1.54) is 6.07 Å². The first kappa shape index (κ1) is 26.6. The molecule has 4 aliphatic heterocycles. The average Bonchev–Trinajstić information content (AvgIpc) is 3.64. The lowest BCUT2D eigenvalue weighted by molar-refractivity contribution is 0.107. The van der Waals surface area contributed by atoms with Gasteiger partial charge in [0, 0.05) is 60.0 Å². The van der Waals surface area contributed by atoms with Crippen molar-refractivity contribution in [2.24, 2.45) is 0 Å². The number of hydrogen-bond donors (Lipinski definition) is 2. The van der Waals surface area contributed by atoms with Gasteiger partial charge in [0.15, 0.2) is 0 Å². The van der Waals surface area contributed by atoms with Gasteiger partial charge in [0.25, 0.3) is 0 Å². The summed E-state index contributed by atoms with van der Waals surface area (Å²) in [6, 6.07) is 12.7. The van der Waals surface area contributed by atoms with Gasteiger partial charge in [0.05, 0.1) is 11.1 Å². The highest BCUT2D eigenvalue weighted by Crippen LogP contribution is 2.42. The Hall–Kier alpha value is -4.00. The molecule has 0 aliphatic carbocycles. The van der Waals surface area contributed by atoms with Crippen molar-refractivity contribution in [2.45, 2.75) is 55.9 Å². The van der Waals surface area contributed by atoms with Crippen LogP contribution < -0.4 is 15.0 Å². The quantitative estimate of drug-likeness (QED) is 0.315. The zero-order valence-corrected chi connectivity index (χ0v) is 23.8. The number of nitrogens with zero attached hydrogens (tertiary/aromatic N) is 4. The Labute approximate surface area is 248 Å². The van der Waals surface area contributed by atoms with Crippen molar-refractivity contribution in [3.8, 4) is 35.2 Å². The predicted octanol–water partition coefficient (Wildman–Crippen LogP) is 5.17. The fourth-order valence-corrected chi connectivity index (χ4v) is 7.99. The Morgan fingerprint density at radius 3 is 2.74 bits per heavy atom. The number of aromatic hydroxyl groups is 1.